The fourth-order valence-corrected chi connectivity index (χ4v) is 3.91. The Labute approximate surface area is 165 Å². The van der Waals surface area contributed by atoms with Crippen LogP contribution in [-0.4, -0.2) is 5.78 Å². The molecule has 1 N–H and O–H groups in total. The van der Waals surface area contributed by atoms with Crippen molar-refractivity contribution in [2.45, 2.75) is 30.6 Å². The van der Waals surface area contributed by atoms with Crippen molar-refractivity contribution >= 4 is 23.2 Å². The Morgan fingerprint density at radius 3 is 2.19 bits per heavy atom. The number of hydrogen-bond donors (Lipinski definition) is 1. The number of nitrogens with one attached hydrogen (secondary N) is 1. The number of ketones is 1. The molecule has 0 radical (unpaired) electrons. The SMILES string of the molecule is C/C(=C\C(=O)c1ccccc1)Nc1ccccc1Sc1c(C)cccc1C. The number of carbonyl (C=O) groups excluding carboxylic acids is 1. The van der Waals surface area contributed by atoms with E-state index < -0.39 is 0 Å². The predicted octanol–water partition coefficient (Wildman–Crippen LogP) is 6.65. The molecule has 3 aromatic carbocycles. The van der Waals surface area contributed by atoms with Crippen LogP contribution < -0.4 is 5.32 Å². The number of aryl methyl sites for hydroxylation is 2. The Morgan fingerprint density at radius 1 is 0.852 bits per heavy atom. The maximum absolute atomic E-state index is 12.4. The minimum absolute atomic E-state index is 0.000447. The van der Waals surface area contributed by atoms with E-state index in [0.717, 1.165) is 16.3 Å². The van der Waals surface area contributed by atoms with Crippen LogP contribution in [0.2, 0.25) is 0 Å². The van der Waals surface area contributed by atoms with Gasteiger partial charge in [0, 0.05) is 27.1 Å². The van der Waals surface area contributed by atoms with Crippen molar-refractivity contribution in [3.63, 3.8) is 0 Å². The minimum atomic E-state index is 0.000447. The van der Waals surface area contributed by atoms with Gasteiger partial charge in [0.25, 0.3) is 0 Å². The molecule has 3 aromatic rings. The van der Waals surface area contributed by atoms with E-state index in [-0.39, 0.29) is 5.78 Å². The van der Waals surface area contributed by atoms with Gasteiger partial charge >= 0.3 is 0 Å². The maximum atomic E-state index is 12.4. The molecule has 0 aliphatic heterocycles. The highest BCUT2D eigenvalue weighted by molar-refractivity contribution is 7.99. The van der Waals surface area contributed by atoms with Crippen LogP contribution in [0.25, 0.3) is 0 Å². The molecule has 0 aromatic heterocycles. The molecule has 136 valence electrons. The van der Waals surface area contributed by atoms with Crippen molar-refractivity contribution in [2.24, 2.45) is 0 Å². The van der Waals surface area contributed by atoms with Crippen molar-refractivity contribution < 1.29 is 4.79 Å². The number of hydrogen-bond acceptors (Lipinski definition) is 3. The molecule has 0 aliphatic carbocycles. The molecule has 0 saturated carbocycles. The largest absolute Gasteiger partial charge is 0.358 e. The summed E-state index contributed by atoms with van der Waals surface area (Å²) in [7, 11) is 0. The van der Waals surface area contributed by atoms with Gasteiger partial charge in [0.15, 0.2) is 5.78 Å². The monoisotopic (exact) mass is 373 g/mol. The van der Waals surface area contributed by atoms with Crippen molar-refractivity contribution in [1.29, 1.82) is 0 Å². The van der Waals surface area contributed by atoms with Crippen LogP contribution in [0.3, 0.4) is 0 Å². The first-order valence-electron chi connectivity index (χ1n) is 8.92. The van der Waals surface area contributed by atoms with Gasteiger partial charge in [-0.2, -0.15) is 0 Å². The first-order chi connectivity index (χ1) is 13.0. The molecule has 2 nitrogen and oxygen atoms in total. The summed E-state index contributed by atoms with van der Waals surface area (Å²) in [4.78, 5) is 14.8. The summed E-state index contributed by atoms with van der Waals surface area (Å²) in [5.74, 6) is 0.000447. The third-order valence-electron chi connectivity index (χ3n) is 4.25. The fraction of sp³-hybridized carbons (Fsp3) is 0.125. The summed E-state index contributed by atoms with van der Waals surface area (Å²) < 4.78 is 0. The van der Waals surface area contributed by atoms with E-state index in [2.05, 4.69) is 43.4 Å². The lowest BCUT2D eigenvalue weighted by molar-refractivity contribution is 0.104. The van der Waals surface area contributed by atoms with Crippen LogP contribution in [0.4, 0.5) is 5.69 Å². The summed E-state index contributed by atoms with van der Waals surface area (Å²) in [5, 5.41) is 3.39. The molecule has 3 heteroatoms. The van der Waals surface area contributed by atoms with E-state index in [1.54, 1.807) is 17.8 Å². The van der Waals surface area contributed by atoms with Crippen molar-refractivity contribution in [3.05, 3.63) is 101 Å². The molecule has 0 saturated heterocycles. The Bertz CT molecular complexity index is 956. The van der Waals surface area contributed by atoms with E-state index >= 15 is 0 Å². The van der Waals surface area contributed by atoms with E-state index in [4.69, 9.17) is 0 Å². The highest BCUT2D eigenvalue weighted by Gasteiger charge is 2.09. The van der Waals surface area contributed by atoms with Gasteiger partial charge in [-0.05, 0) is 44.0 Å². The zero-order valence-corrected chi connectivity index (χ0v) is 16.6. The van der Waals surface area contributed by atoms with Crippen molar-refractivity contribution in [3.8, 4) is 0 Å². The van der Waals surface area contributed by atoms with Gasteiger partial charge < -0.3 is 5.32 Å². The van der Waals surface area contributed by atoms with Crippen molar-refractivity contribution in [1.82, 2.24) is 0 Å². The summed E-state index contributed by atoms with van der Waals surface area (Å²) in [6, 6.07) is 23.9. The van der Waals surface area contributed by atoms with Crippen LogP contribution in [0.1, 0.15) is 28.4 Å². The number of allylic oxidation sites excluding steroid dienone is 2. The van der Waals surface area contributed by atoms with Gasteiger partial charge in [-0.3, -0.25) is 4.79 Å². The van der Waals surface area contributed by atoms with Crippen LogP contribution in [0.15, 0.2) is 94.4 Å². The average molecular weight is 374 g/mol. The second kappa shape index (κ2) is 8.74. The number of rotatable bonds is 6. The molecular formula is C24H23NOS. The predicted molar refractivity (Wildman–Crippen MR) is 115 cm³/mol. The molecule has 0 aliphatic rings. The van der Waals surface area contributed by atoms with Gasteiger partial charge in [-0.15, -0.1) is 0 Å². The second-order valence-corrected chi connectivity index (χ2v) is 7.55. The van der Waals surface area contributed by atoms with E-state index in [1.807, 2.05) is 55.5 Å². The van der Waals surface area contributed by atoms with Gasteiger partial charge in [0.2, 0.25) is 0 Å². The summed E-state index contributed by atoms with van der Waals surface area (Å²) >= 11 is 1.75. The topological polar surface area (TPSA) is 29.1 Å². The molecule has 0 unspecified atom stereocenters. The first kappa shape index (κ1) is 19.0. The summed E-state index contributed by atoms with van der Waals surface area (Å²) in [6.07, 6.45) is 1.65. The molecule has 0 amide bonds. The lowest BCUT2D eigenvalue weighted by Crippen LogP contribution is -2.02. The molecule has 3 rings (SSSR count). The molecule has 0 spiro atoms. The highest BCUT2D eigenvalue weighted by atomic mass is 32.2. The van der Waals surface area contributed by atoms with E-state index in [0.29, 0.717) is 5.56 Å². The Kier molecular flexibility index (Phi) is 6.15. The third-order valence-corrected chi connectivity index (χ3v) is 5.67. The van der Waals surface area contributed by atoms with Gasteiger partial charge in [-0.25, -0.2) is 0 Å². The zero-order valence-electron chi connectivity index (χ0n) is 15.8. The standard InChI is InChI=1S/C24H23NOS/c1-17-10-9-11-18(2)24(17)27-23-15-8-7-14-21(23)25-19(3)16-22(26)20-12-5-4-6-13-20/h4-16,25H,1-3H3/b19-16+. The number of para-hydroxylation sites is 1. The van der Waals surface area contributed by atoms with Crippen LogP contribution in [0, 0.1) is 13.8 Å². The minimum Gasteiger partial charge on any atom is -0.358 e. The highest BCUT2D eigenvalue weighted by Crippen LogP contribution is 2.37. The van der Waals surface area contributed by atoms with Crippen LogP contribution in [-0.2, 0) is 0 Å². The molecule has 0 atom stereocenters. The lowest BCUT2D eigenvalue weighted by atomic mass is 10.1. The zero-order chi connectivity index (χ0) is 19.2. The van der Waals surface area contributed by atoms with Gasteiger partial charge in [0.05, 0.1) is 5.69 Å². The number of anilines is 1. The summed E-state index contributed by atoms with van der Waals surface area (Å²) in [5.41, 5.74) is 5.04. The van der Waals surface area contributed by atoms with E-state index in [9.17, 15) is 4.79 Å². The number of carbonyl (C=O) groups is 1. The third kappa shape index (κ3) is 4.89. The normalized spacial score (nSPS) is 11.3. The quantitative estimate of drug-likeness (QED) is 0.387. The second-order valence-electron chi connectivity index (χ2n) is 6.50. The average Bonchev–Trinajstić information content (AvgIpc) is 2.66. The summed E-state index contributed by atoms with van der Waals surface area (Å²) in [6.45, 7) is 6.19. The Hall–Kier alpha value is -2.78. The molecule has 0 bridgehead atoms. The lowest BCUT2D eigenvalue weighted by Gasteiger charge is -2.14. The van der Waals surface area contributed by atoms with Crippen LogP contribution >= 0.6 is 11.8 Å². The Morgan fingerprint density at radius 2 is 1.48 bits per heavy atom. The molecule has 0 heterocycles. The molecular weight excluding hydrogens is 350 g/mol. The van der Waals surface area contributed by atoms with Gasteiger partial charge in [0.1, 0.15) is 0 Å². The Balaban J connectivity index is 1.82. The fourth-order valence-electron chi connectivity index (χ4n) is 2.86. The maximum Gasteiger partial charge on any atom is 0.187 e. The smallest absolute Gasteiger partial charge is 0.187 e. The molecule has 0 fully saturated rings. The first-order valence-corrected chi connectivity index (χ1v) is 9.74. The van der Waals surface area contributed by atoms with Crippen LogP contribution in [0.5, 0.6) is 0 Å². The van der Waals surface area contributed by atoms with E-state index in [1.165, 1.54) is 16.0 Å². The number of benzene rings is 3. The van der Waals surface area contributed by atoms with Gasteiger partial charge in [-0.1, -0.05) is 72.4 Å². The van der Waals surface area contributed by atoms with Crippen molar-refractivity contribution in [2.75, 3.05) is 5.32 Å². The molecule has 27 heavy (non-hydrogen) atoms.